The summed E-state index contributed by atoms with van der Waals surface area (Å²) in [4.78, 5) is 50.2. The van der Waals surface area contributed by atoms with Gasteiger partial charge in [0.1, 0.15) is 22.9 Å². The number of carbonyl (C=O) groups is 3. The van der Waals surface area contributed by atoms with Crippen molar-refractivity contribution in [2.45, 2.75) is 13.5 Å². The van der Waals surface area contributed by atoms with E-state index in [2.05, 4.69) is 9.97 Å². The first kappa shape index (κ1) is 26.5. The van der Waals surface area contributed by atoms with Gasteiger partial charge in [-0.2, -0.15) is 0 Å². The molecule has 0 unspecified atom stereocenters. The molecule has 10 nitrogen and oxygen atoms in total. The van der Waals surface area contributed by atoms with Crippen LogP contribution in [0.3, 0.4) is 0 Å². The van der Waals surface area contributed by atoms with E-state index in [4.69, 9.17) is 4.74 Å². The Kier molecular flexibility index (Phi) is 6.80. The number of carbonyl (C=O) groups excluding carboxylic acids is 3. The molecular formula is C29H27FN6O4. The van der Waals surface area contributed by atoms with Crippen molar-refractivity contribution in [1.29, 1.82) is 0 Å². The number of halogens is 1. The minimum atomic E-state index is -0.647. The second-order valence-corrected chi connectivity index (χ2v) is 9.75. The van der Waals surface area contributed by atoms with Gasteiger partial charge in [0, 0.05) is 51.7 Å². The predicted molar refractivity (Wildman–Crippen MR) is 147 cm³/mol. The van der Waals surface area contributed by atoms with Gasteiger partial charge in [0.05, 0.1) is 34.7 Å². The zero-order chi connectivity index (χ0) is 28.7. The summed E-state index contributed by atoms with van der Waals surface area (Å²) in [5.74, 6) is -0.266. The maximum Gasteiger partial charge on any atom is 0.414 e. The van der Waals surface area contributed by atoms with Gasteiger partial charge in [-0.25, -0.2) is 19.0 Å². The van der Waals surface area contributed by atoms with Crippen molar-refractivity contribution >= 4 is 39.8 Å². The van der Waals surface area contributed by atoms with Crippen LogP contribution < -0.4 is 4.74 Å². The average Bonchev–Trinajstić information content (AvgIpc) is 3.47. The number of amides is 2. The summed E-state index contributed by atoms with van der Waals surface area (Å²) in [6.45, 7) is 2.05. The quantitative estimate of drug-likeness (QED) is 0.298. The van der Waals surface area contributed by atoms with E-state index in [1.54, 1.807) is 56.8 Å². The summed E-state index contributed by atoms with van der Waals surface area (Å²) in [5, 5.41) is 0.275. The zero-order valence-corrected chi connectivity index (χ0v) is 22.7. The maximum atomic E-state index is 15.4. The smallest absolute Gasteiger partial charge is 0.409 e. The molecule has 40 heavy (non-hydrogen) atoms. The van der Waals surface area contributed by atoms with Crippen molar-refractivity contribution in [1.82, 2.24) is 28.9 Å². The van der Waals surface area contributed by atoms with Crippen LogP contribution in [-0.2, 0) is 6.54 Å². The van der Waals surface area contributed by atoms with Gasteiger partial charge in [0.2, 0.25) is 0 Å². The molecule has 0 radical (unpaired) electrons. The fourth-order valence-electron chi connectivity index (χ4n) is 4.51. The standard InChI is InChI=1S/C29H27FN6O4/c1-17-32-22-14-31-12-11-23(22)35(17)15-19-10-9-18(13-21(19)30)27(37)20-16-36(28(38)33(2)3)24-7-6-8-25(26(20)24)40-29(39)34(4)5/h6-14,16H,15H2,1-5H3. The highest BCUT2D eigenvalue weighted by Gasteiger charge is 2.25. The normalized spacial score (nSPS) is 11.2. The summed E-state index contributed by atoms with van der Waals surface area (Å²) in [7, 11) is 6.23. The Morgan fingerprint density at radius 2 is 1.77 bits per heavy atom. The minimum Gasteiger partial charge on any atom is -0.409 e. The first-order valence-electron chi connectivity index (χ1n) is 12.4. The number of fused-ring (bicyclic) bond motifs is 2. The van der Waals surface area contributed by atoms with Gasteiger partial charge < -0.3 is 19.1 Å². The van der Waals surface area contributed by atoms with Crippen molar-refractivity contribution in [3.05, 3.63) is 89.4 Å². The van der Waals surface area contributed by atoms with Crippen LogP contribution in [0.15, 0.2) is 61.1 Å². The lowest BCUT2D eigenvalue weighted by atomic mass is 10.0. The lowest BCUT2D eigenvalue weighted by molar-refractivity contribution is 0.103. The number of hydrogen-bond donors (Lipinski definition) is 0. The molecule has 5 rings (SSSR count). The van der Waals surface area contributed by atoms with Crippen LogP contribution in [0.4, 0.5) is 14.0 Å². The number of benzene rings is 2. The van der Waals surface area contributed by atoms with Crippen LogP contribution in [0.25, 0.3) is 21.9 Å². The largest absolute Gasteiger partial charge is 0.414 e. The molecule has 0 saturated heterocycles. The number of ether oxygens (including phenoxy) is 1. The van der Waals surface area contributed by atoms with E-state index in [9.17, 15) is 14.4 Å². The van der Waals surface area contributed by atoms with Gasteiger partial charge in [0.15, 0.2) is 5.78 Å². The molecule has 11 heteroatoms. The third-order valence-electron chi connectivity index (χ3n) is 6.57. The van der Waals surface area contributed by atoms with Crippen molar-refractivity contribution in [2.24, 2.45) is 0 Å². The van der Waals surface area contributed by atoms with Crippen LogP contribution >= 0.6 is 0 Å². The molecule has 5 aromatic rings. The van der Waals surface area contributed by atoms with E-state index in [1.165, 1.54) is 40.7 Å². The molecule has 2 amide bonds. The molecule has 0 atom stereocenters. The summed E-state index contributed by atoms with van der Waals surface area (Å²) >= 11 is 0. The molecule has 204 valence electrons. The van der Waals surface area contributed by atoms with Crippen LogP contribution in [0.2, 0.25) is 0 Å². The van der Waals surface area contributed by atoms with Crippen LogP contribution in [0, 0.1) is 12.7 Å². The first-order chi connectivity index (χ1) is 19.1. The van der Waals surface area contributed by atoms with Gasteiger partial charge in [0.25, 0.3) is 0 Å². The molecule has 0 aliphatic carbocycles. The maximum absolute atomic E-state index is 15.4. The highest BCUT2D eigenvalue weighted by Crippen LogP contribution is 2.33. The van der Waals surface area contributed by atoms with Crippen LogP contribution in [0.5, 0.6) is 5.75 Å². The van der Waals surface area contributed by atoms with Crippen molar-refractivity contribution in [3.8, 4) is 5.75 Å². The number of nitrogens with zero attached hydrogens (tertiary/aromatic N) is 6. The highest BCUT2D eigenvalue weighted by atomic mass is 19.1. The van der Waals surface area contributed by atoms with Gasteiger partial charge in [-0.3, -0.25) is 14.3 Å². The summed E-state index contributed by atoms with van der Waals surface area (Å²) in [5.41, 5.74) is 2.47. The topological polar surface area (TPSA) is 103 Å². The fourth-order valence-corrected chi connectivity index (χ4v) is 4.51. The molecule has 0 aliphatic heterocycles. The number of pyridine rings is 1. The van der Waals surface area contributed by atoms with E-state index in [-0.39, 0.29) is 28.8 Å². The third kappa shape index (κ3) is 4.66. The van der Waals surface area contributed by atoms with E-state index in [1.807, 2.05) is 17.6 Å². The molecule has 0 bridgehead atoms. The number of imidazole rings is 1. The number of ketones is 1. The van der Waals surface area contributed by atoms with Crippen LogP contribution in [-0.4, -0.2) is 75.0 Å². The van der Waals surface area contributed by atoms with Crippen molar-refractivity contribution in [3.63, 3.8) is 0 Å². The average molecular weight is 543 g/mol. The summed E-state index contributed by atoms with van der Waals surface area (Å²) in [6.07, 6.45) is 4.05. The summed E-state index contributed by atoms with van der Waals surface area (Å²) < 4.78 is 24.1. The highest BCUT2D eigenvalue weighted by molar-refractivity contribution is 6.19. The second-order valence-electron chi connectivity index (χ2n) is 9.75. The Balaban J connectivity index is 1.56. The van der Waals surface area contributed by atoms with Crippen molar-refractivity contribution in [2.75, 3.05) is 28.2 Å². The summed E-state index contributed by atoms with van der Waals surface area (Å²) in [6, 6.07) is 10.5. The van der Waals surface area contributed by atoms with E-state index in [0.29, 0.717) is 22.4 Å². The molecule has 0 N–H and O–H groups in total. The number of aryl methyl sites for hydroxylation is 1. The predicted octanol–water partition coefficient (Wildman–Crippen LogP) is 4.70. The van der Waals surface area contributed by atoms with E-state index in [0.717, 1.165) is 5.52 Å². The Morgan fingerprint density at radius 1 is 1.00 bits per heavy atom. The van der Waals surface area contributed by atoms with Gasteiger partial charge in [-0.05, 0) is 31.2 Å². The Bertz CT molecular complexity index is 1800. The zero-order valence-electron chi connectivity index (χ0n) is 22.7. The van der Waals surface area contributed by atoms with Gasteiger partial charge in [-0.1, -0.05) is 18.2 Å². The Morgan fingerprint density at radius 3 is 2.48 bits per heavy atom. The minimum absolute atomic E-state index is 0.0859. The molecule has 0 fully saturated rings. The van der Waals surface area contributed by atoms with Crippen molar-refractivity contribution < 1.29 is 23.5 Å². The number of rotatable bonds is 5. The molecular weight excluding hydrogens is 515 g/mol. The van der Waals surface area contributed by atoms with Crippen LogP contribution in [0.1, 0.15) is 27.3 Å². The molecule has 0 spiro atoms. The second kappa shape index (κ2) is 10.3. The van der Waals surface area contributed by atoms with Gasteiger partial charge >= 0.3 is 12.1 Å². The third-order valence-corrected chi connectivity index (χ3v) is 6.57. The molecule has 0 saturated carbocycles. The fraction of sp³-hybridized carbons (Fsp3) is 0.207. The number of hydrogen-bond acceptors (Lipinski definition) is 6. The molecule has 0 aliphatic rings. The van der Waals surface area contributed by atoms with E-state index >= 15 is 4.39 Å². The molecule has 3 heterocycles. The Labute approximate surface area is 229 Å². The first-order valence-corrected chi connectivity index (χ1v) is 12.4. The van der Waals surface area contributed by atoms with Gasteiger partial charge in [-0.15, -0.1) is 0 Å². The lowest BCUT2D eigenvalue weighted by Gasteiger charge is -2.13. The monoisotopic (exact) mass is 542 g/mol. The molecule has 2 aromatic carbocycles. The SMILES string of the molecule is Cc1nc2cnccc2n1Cc1ccc(C(=O)c2cn(C(=O)N(C)C)c3cccc(OC(=O)N(C)C)c23)cc1F. The van der Waals surface area contributed by atoms with E-state index < -0.39 is 23.7 Å². The number of aromatic nitrogens is 4. The lowest BCUT2D eigenvalue weighted by Crippen LogP contribution is -2.26. The molecule has 3 aromatic heterocycles. The Hall–Kier alpha value is -5.06.